The van der Waals surface area contributed by atoms with Gasteiger partial charge in [0.15, 0.2) is 13.2 Å². The van der Waals surface area contributed by atoms with E-state index in [4.69, 9.17) is 21.1 Å². The third kappa shape index (κ3) is 5.76. The predicted molar refractivity (Wildman–Crippen MR) is 92.4 cm³/mol. The van der Waals surface area contributed by atoms with Crippen LogP contribution in [0.4, 0.5) is 10.1 Å². The number of aryl methyl sites for hydroxylation is 2. The fourth-order valence-electron chi connectivity index (χ4n) is 1.91. The van der Waals surface area contributed by atoms with Crippen molar-refractivity contribution in [2.75, 3.05) is 18.5 Å². The Morgan fingerprint density at radius 2 is 1.84 bits per heavy atom. The smallest absolute Gasteiger partial charge is 0.344 e. The number of esters is 1. The Kier molecular flexibility index (Phi) is 6.36. The average Bonchev–Trinajstić information content (AvgIpc) is 2.56. The number of hydrogen-bond acceptors (Lipinski definition) is 4. The third-order valence-corrected chi connectivity index (χ3v) is 3.72. The Bertz CT molecular complexity index is 795. The molecule has 0 bridgehead atoms. The first-order valence-electron chi connectivity index (χ1n) is 7.45. The summed E-state index contributed by atoms with van der Waals surface area (Å²) in [4.78, 5) is 23.4. The molecule has 0 saturated carbocycles. The van der Waals surface area contributed by atoms with Gasteiger partial charge in [0.1, 0.15) is 11.6 Å². The molecule has 0 aromatic heterocycles. The van der Waals surface area contributed by atoms with Gasteiger partial charge in [-0.25, -0.2) is 9.18 Å². The van der Waals surface area contributed by atoms with E-state index in [1.54, 1.807) is 6.07 Å². The molecule has 2 aromatic carbocycles. The Balaban J connectivity index is 1.77. The lowest BCUT2D eigenvalue weighted by molar-refractivity contribution is -0.149. The normalized spacial score (nSPS) is 10.2. The van der Waals surface area contributed by atoms with Crippen LogP contribution in [0.5, 0.6) is 5.75 Å². The van der Waals surface area contributed by atoms with E-state index in [1.165, 1.54) is 6.07 Å². The number of anilines is 1. The van der Waals surface area contributed by atoms with Crippen molar-refractivity contribution >= 4 is 29.2 Å². The summed E-state index contributed by atoms with van der Waals surface area (Å²) < 4.78 is 23.1. The van der Waals surface area contributed by atoms with Crippen molar-refractivity contribution in [3.05, 3.63) is 58.4 Å². The second kappa shape index (κ2) is 8.48. The molecule has 0 aliphatic rings. The summed E-state index contributed by atoms with van der Waals surface area (Å²) in [5.41, 5.74) is 2.39. The van der Waals surface area contributed by atoms with Gasteiger partial charge in [-0.15, -0.1) is 0 Å². The summed E-state index contributed by atoms with van der Waals surface area (Å²) in [5.74, 6) is -1.24. The molecule has 0 fully saturated rings. The maximum atomic E-state index is 12.9. The van der Waals surface area contributed by atoms with Crippen LogP contribution in [0.1, 0.15) is 11.1 Å². The molecule has 7 heteroatoms. The molecule has 132 valence electrons. The van der Waals surface area contributed by atoms with Gasteiger partial charge in [-0.05, 0) is 55.3 Å². The topological polar surface area (TPSA) is 64.6 Å². The average molecular weight is 366 g/mol. The van der Waals surface area contributed by atoms with Crippen LogP contribution >= 0.6 is 11.6 Å². The zero-order valence-electron chi connectivity index (χ0n) is 13.8. The molecule has 0 saturated heterocycles. The summed E-state index contributed by atoms with van der Waals surface area (Å²) >= 11 is 5.80. The van der Waals surface area contributed by atoms with Crippen molar-refractivity contribution in [2.45, 2.75) is 13.8 Å². The van der Waals surface area contributed by atoms with Gasteiger partial charge in [-0.2, -0.15) is 0 Å². The van der Waals surface area contributed by atoms with Crippen LogP contribution in [0.3, 0.4) is 0 Å². The quantitative estimate of drug-likeness (QED) is 0.793. The molecule has 0 heterocycles. The first kappa shape index (κ1) is 18.7. The van der Waals surface area contributed by atoms with Gasteiger partial charge in [0.25, 0.3) is 5.91 Å². The van der Waals surface area contributed by atoms with E-state index >= 15 is 0 Å². The van der Waals surface area contributed by atoms with Crippen LogP contribution in [-0.2, 0) is 14.3 Å². The van der Waals surface area contributed by atoms with E-state index in [2.05, 4.69) is 5.32 Å². The highest BCUT2D eigenvalue weighted by Crippen LogP contribution is 2.22. The summed E-state index contributed by atoms with van der Waals surface area (Å²) in [6, 6.07) is 8.99. The Hall–Kier alpha value is -2.60. The molecule has 0 radical (unpaired) electrons. The van der Waals surface area contributed by atoms with Crippen molar-refractivity contribution in [3.63, 3.8) is 0 Å². The minimum atomic E-state index is -0.682. The van der Waals surface area contributed by atoms with Gasteiger partial charge in [0, 0.05) is 0 Å². The minimum absolute atomic E-state index is 0.0535. The van der Waals surface area contributed by atoms with E-state index in [0.29, 0.717) is 5.75 Å². The van der Waals surface area contributed by atoms with E-state index in [-0.39, 0.29) is 17.3 Å². The Labute approximate surface area is 149 Å². The van der Waals surface area contributed by atoms with Crippen molar-refractivity contribution in [1.82, 2.24) is 0 Å². The number of carbonyl (C=O) groups is 2. The van der Waals surface area contributed by atoms with Gasteiger partial charge in [-0.3, -0.25) is 4.79 Å². The molecule has 0 unspecified atom stereocenters. The van der Waals surface area contributed by atoms with Crippen LogP contribution < -0.4 is 10.1 Å². The van der Waals surface area contributed by atoms with E-state index in [9.17, 15) is 14.0 Å². The second-order valence-corrected chi connectivity index (χ2v) is 5.77. The molecule has 25 heavy (non-hydrogen) atoms. The highest BCUT2D eigenvalue weighted by atomic mass is 35.5. The molecule has 2 aromatic rings. The first-order valence-corrected chi connectivity index (χ1v) is 7.83. The maximum absolute atomic E-state index is 12.9. The molecule has 1 N–H and O–H groups in total. The number of carbonyl (C=O) groups excluding carboxylic acids is 2. The molecular weight excluding hydrogens is 349 g/mol. The highest BCUT2D eigenvalue weighted by Gasteiger charge is 2.11. The van der Waals surface area contributed by atoms with Gasteiger partial charge in [0.2, 0.25) is 0 Å². The number of benzene rings is 2. The van der Waals surface area contributed by atoms with E-state index in [0.717, 1.165) is 23.3 Å². The van der Waals surface area contributed by atoms with Gasteiger partial charge < -0.3 is 14.8 Å². The SMILES string of the molecule is Cc1ccc(OCC(=O)OCC(=O)Nc2ccc(F)cc2Cl)cc1C. The van der Waals surface area contributed by atoms with Gasteiger partial charge in [-0.1, -0.05) is 17.7 Å². The van der Waals surface area contributed by atoms with E-state index < -0.39 is 24.3 Å². The van der Waals surface area contributed by atoms with Crippen LogP contribution in [0.15, 0.2) is 36.4 Å². The maximum Gasteiger partial charge on any atom is 0.344 e. The zero-order chi connectivity index (χ0) is 18.4. The third-order valence-electron chi connectivity index (χ3n) is 3.40. The fraction of sp³-hybridized carbons (Fsp3) is 0.222. The summed E-state index contributed by atoms with van der Waals surface area (Å²) in [7, 11) is 0. The van der Waals surface area contributed by atoms with Crippen LogP contribution in [-0.4, -0.2) is 25.1 Å². The van der Waals surface area contributed by atoms with E-state index in [1.807, 2.05) is 26.0 Å². The van der Waals surface area contributed by atoms with Gasteiger partial charge >= 0.3 is 5.97 Å². The first-order chi connectivity index (χ1) is 11.8. The number of halogens is 2. The Morgan fingerprint density at radius 3 is 2.52 bits per heavy atom. The predicted octanol–water partition coefficient (Wildman–Crippen LogP) is 3.66. The van der Waals surface area contributed by atoms with Crippen LogP contribution in [0, 0.1) is 19.7 Å². The number of nitrogens with one attached hydrogen (secondary N) is 1. The summed E-state index contributed by atoms with van der Waals surface area (Å²) in [6.07, 6.45) is 0. The zero-order valence-corrected chi connectivity index (χ0v) is 14.5. The molecule has 2 rings (SSSR count). The fourth-order valence-corrected chi connectivity index (χ4v) is 2.13. The number of amides is 1. The highest BCUT2D eigenvalue weighted by molar-refractivity contribution is 6.33. The van der Waals surface area contributed by atoms with Crippen molar-refractivity contribution in [1.29, 1.82) is 0 Å². The van der Waals surface area contributed by atoms with Crippen LogP contribution in [0.2, 0.25) is 5.02 Å². The summed E-state index contributed by atoms with van der Waals surface area (Å²) in [6.45, 7) is 3.10. The molecule has 1 amide bonds. The van der Waals surface area contributed by atoms with Crippen molar-refractivity contribution in [2.24, 2.45) is 0 Å². The number of rotatable bonds is 6. The molecule has 0 aliphatic carbocycles. The lowest BCUT2D eigenvalue weighted by Gasteiger charge is -2.09. The molecular formula is C18H17ClFNO4. The summed E-state index contributed by atoms with van der Waals surface area (Å²) in [5, 5.41) is 2.48. The lowest BCUT2D eigenvalue weighted by atomic mass is 10.1. The number of ether oxygens (including phenoxy) is 2. The number of hydrogen-bond donors (Lipinski definition) is 1. The molecule has 0 atom stereocenters. The van der Waals surface area contributed by atoms with Crippen LogP contribution in [0.25, 0.3) is 0 Å². The van der Waals surface area contributed by atoms with Gasteiger partial charge in [0.05, 0.1) is 10.7 Å². The monoisotopic (exact) mass is 365 g/mol. The largest absolute Gasteiger partial charge is 0.482 e. The standard InChI is InChI=1S/C18H17ClFNO4/c1-11-3-5-14(7-12(11)2)24-10-18(23)25-9-17(22)21-16-6-4-13(20)8-15(16)19/h3-8H,9-10H2,1-2H3,(H,21,22). The van der Waals surface area contributed by atoms with Crippen molar-refractivity contribution in [3.8, 4) is 5.75 Å². The molecule has 0 spiro atoms. The second-order valence-electron chi connectivity index (χ2n) is 5.37. The van der Waals surface area contributed by atoms with Crippen molar-refractivity contribution < 1.29 is 23.5 Å². The molecule has 0 aliphatic heterocycles. The lowest BCUT2D eigenvalue weighted by Crippen LogP contribution is -2.23. The molecule has 5 nitrogen and oxygen atoms in total. The Morgan fingerprint density at radius 1 is 1.08 bits per heavy atom. The minimum Gasteiger partial charge on any atom is -0.482 e.